The van der Waals surface area contributed by atoms with Gasteiger partial charge in [0.15, 0.2) is 12.4 Å². The monoisotopic (exact) mass is 360 g/mol. The highest BCUT2D eigenvalue weighted by Gasteiger charge is 2.22. The van der Waals surface area contributed by atoms with Crippen molar-refractivity contribution in [3.05, 3.63) is 42.2 Å². The lowest BCUT2D eigenvalue weighted by atomic mass is 10.3. The third kappa shape index (κ3) is 4.59. The van der Waals surface area contributed by atoms with E-state index in [-0.39, 0.29) is 18.3 Å². The Morgan fingerprint density at radius 3 is 2.38 bits per heavy atom. The zero-order valence-electron chi connectivity index (χ0n) is 14.6. The van der Waals surface area contributed by atoms with Gasteiger partial charge < -0.3 is 19.3 Å². The maximum absolute atomic E-state index is 12.9. The number of benzene rings is 1. The first-order valence-electron chi connectivity index (χ1n) is 8.53. The van der Waals surface area contributed by atoms with E-state index in [2.05, 4.69) is 15.1 Å². The zero-order chi connectivity index (χ0) is 18.4. The smallest absolute Gasteiger partial charge is 0.260 e. The molecule has 1 aliphatic heterocycles. The summed E-state index contributed by atoms with van der Waals surface area (Å²) in [4.78, 5) is 16.1. The standard InChI is InChI=1S/C18H21FN4O3/c1-2-25-17-8-7-16(20-21-17)22-9-11-23(12-10-22)18(24)13-26-15-5-3-14(19)4-6-15/h3-8H,2,9-13H2,1H3. The molecule has 3 rings (SSSR count). The lowest BCUT2D eigenvalue weighted by Crippen LogP contribution is -2.50. The van der Waals surface area contributed by atoms with Gasteiger partial charge in [-0.1, -0.05) is 0 Å². The molecule has 1 aromatic heterocycles. The SMILES string of the molecule is CCOc1ccc(N2CCN(C(=O)COc3ccc(F)cc3)CC2)nn1. The Bertz CT molecular complexity index is 716. The largest absolute Gasteiger partial charge is 0.484 e. The van der Waals surface area contributed by atoms with Crippen molar-refractivity contribution in [1.29, 1.82) is 0 Å². The first kappa shape index (κ1) is 17.9. The molecule has 0 atom stereocenters. The second-order valence-electron chi connectivity index (χ2n) is 5.77. The number of nitrogens with zero attached hydrogens (tertiary/aromatic N) is 4. The lowest BCUT2D eigenvalue weighted by Gasteiger charge is -2.35. The molecule has 26 heavy (non-hydrogen) atoms. The van der Waals surface area contributed by atoms with E-state index < -0.39 is 0 Å². The summed E-state index contributed by atoms with van der Waals surface area (Å²) in [5, 5.41) is 8.19. The zero-order valence-corrected chi connectivity index (χ0v) is 14.6. The fourth-order valence-electron chi connectivity index (χ4n) is 2.66. The van der Waals surface area contributed by atoms with E-state index in [9.17, 15) is 9.18 Å². The number of piperazine rings is 1. The van der Waals surface area contributed by atoms with Gasteiger partial charge in [0.25, 0.3) is 5.91 Å². The number of anilines is 1. The molecule has 0 N–H and O–H groups in total. The average molecular weight is 360 g/mol. The molecule has 0 saturated carbocycles. The molecule has 1 aliphatic rings. The minimum atomic E-state index is -0.336. The minimum Gasteiger partial charge on any atom is -0.484 e. The van der Waals surface area contributed by atoms with Crippen molar-refractivity contribution in [3.8, 4) is 11.6 Å². The van der Waals surface area contributed by atoms with Crippen LogP contribution in [-0.2, 0) is 4.79 Å². The van der Waals surface area contributed by atoms with Crippen LogP contribution in [0.5, 0.6) is 11.6 Å². The van der Waals surface area contributed by atoms with Crippen LogP contribution in [-0.4, -0.2) is 60.4 Å². The first-order chi connectivity index (χ1) is 12.7. The van der Waals surface area contributed by atoms with Crippen LogP contribution in [0.2, 0.25) is 0 Å². The fourth-order valence-corrected chi connectivity index (χ4v) is 2.66. The van der Waals surface area contributed by atoms with E-state index in [1.54, 1.807) is 11.0 Å². The Morgan fingerprint density at radius 1 is 1.04 bits per heavy atom. The molecule has 1 aromatic carbocycles. The Morgan fingerprint density at radius 2 is 1.77 bits per heavy atom. The van der Waals surface area contributed by atoms with Crippen LogP contribution >= 0.6 is 0 Å². The summed E-state index contributed by atoms with van der Waals surface area (Å²) in [5.41, 5.74) is 0. The second-order valence-corrected chi connectivity index (χ2v) is 5.77. The predicted octanol–water partition coefficient (Wildman–Crippen LogP) is 1.74. The van der Waals surface area contributed by atoms with E-state index in [1.807, 2.05) is 13.0 Å². The van der Waals surface area contributed by atoms with Gasteiger partial charge in [0.05, 0.1) is 6.61 Å². The Kier molecular flexibility index (Phi) is 5.83. The molecular formula is C18H21FN4O3. The van der Waals surface area contributed by atoms with Crippen LogP contribution in [0.1, 0.15) is 6.92 Å². The fraction of sp³-hybridized carbons (Fsp3) is 0.389. The number of amides is 1. The maximum atomic E-state index is 12.9. The van der Waals surface area contributed by atoms with Gasteiger partial charge in [-0.15, -0.1) is 10.2 Å². The molecule has 0 bridgehead atoms. The van der Waals surface area contributed by atoms with Gasteiger partial charge in [0.1, 0.15) is 11.6 Å². The summed E-state index contributed by atoms with van der Waals surface area (Å²) < 4.78 is 23.6. The lowest BCUT2D eigenvalue weighted by molar-refractivity contribution is -0.133. The van der Waals surface area contributed by atoms with Gasteiger partial charge in [-0.2, -0.15) is 0 Å². The minimum absolute atomic E-state index is 0.0610. The number of halogens is 1. The number of carbonyl (C=O) groups is 1. The molecular weight excluding hydrogens is 339 g/mol. The summed E-state index contributed by atoms with van der Waals surface area (Å²) in [7, 11) is 0. The highest BCUT2D eigenvalue weighted by molar-refractivity contribution is 5.78. The summed E-state index contributed by atoms with van der Waals surface area (Å²) in [5.74, 6) is 1.32. The van der Waals surface area contributed by atoms with E-state index in [0.29, 0.717) is 44.4 Å². The van der Waals surface area contributed by atoms with Crippen molar-refractivity contribution in [2.45, 2.75) is 6.92 Å². The van der Waals surface area contributed by atoms with Gasteiger partial charge in [-0.25, -0.2) is 4.39 Å². The number of carbonyl (C=O) groups excluding carboxylic acids is 1. The van der Waals surface area contributed by atoms with E-state index in [1.165, 1.54) is 24.3 Å². The number of hydrogen-bond acceptors (Lipinski definition) is 6. The molecule has 0 radical (unpaired) electrons. The molecule has 1 saturated heterocycles. The van der Waals surface area contributed by atoms with Gasteiger partial charge in [-0.05, 0) is 37.3 Å². The van der Waals surface area contributed by atoms with Gasteiger partial charge in [0, 0.05) is 32.2 Å². The highest BCUT2D eigenvalue weighted by Crippen LogP contribution is 2.16. The summed E-state index contributed by atoms with van der Waals surface area (Å²) in [6.45, 7) is 4.89. The van der Waals surface area contributed by atoms with E-state index in [4.69, 9.17) is 9.47 Å². The Labute approximate surface area is 151 Å². The molecule has 138 valence electrons. The van der Waals surface area contributed by atoms with Crippen molar-refractivity contribution in [2.75, 3.05) is 44.3 Å². The second kappa shape index (κ2) is 8.46. The molecule has 2 aromatic rings. The quantitative estimate of drug-likeness (QED) is 0.782. The summed E-state index contributed by atoms with van der Waals surface area (Å²) in [6.07, 6.45) is 0. The Balaban J connectivity index is 1.46. The first-order valence-corrected chi connectivity index (χ1v) is 8.53. The van der Waals surface area contributed by atoms with Crippen molar-refractivity contribution < 1.29 is 18.7 Å². The van der Waals surface area contributed by atoms with Gasteiger partial charge >= 0.3 is 0 Å². The number of hydrogen-bond donors (Lipinski definition) is 0. The molecule has 0 aliphatic carbocycles. The number of rotatable bonds is 6. The van der Waals surface area contributed by atoms with Crippen molar-refractivity contribution in [1.82, 2.24) is 15.1 Å². The molecule has 7 nitrogen and oxygen atoms in total. The van der Waals surface area contributed by atoms with Crippen LogP contribution < -0.4 is 14.4 Å². The summed E-state index contributed by atoms with van der Waals surface area (Å²) >= 11 is 0. The van der Waals surface area contributed by atoms with Gasteiger partial charge in [-0.3, -0.25) is 4.79 Å². The normalized spacial score (nSPS) is 14.2. The third-order valence-corrected chi connectivity index (χ3v) is 4.05. The van der Waals surface area contributed by atoms with Crippen molar-refractivity contribution >= 4 is 11.7 Å². The number of aromatic nitrogens is 2. The van der Waals surface area contributed by atoms with Crippen LogP contribution in [0.15, 0.2) is 36.4 Å². The topological polar surface area (TPSA) is 67.8 Å². The number of ether oxygens (including phenoxy) is 2. The molecule has 8 heteroatoms. The molecule has 1 fully saturated rings. The maximum Gasteiger partial charge on any atom is 0.260 e. The van der Waals surface area contributed by atoms with E-state index >= 15 is 0 Å². The van der Waals surface area contributed by atoms with Crippen LogP contribution in [0.3, 0.4) is 0 Å². The van der Waals surface area contributed by atoms with E-state index in [0.717, 1.165) is 5.82 Å². The van der Waals surface area contributed by atoms with Crippen LogP contribution in [0.25, 0.3) is 0 Å². The summed E-state index contributed by atoms with van der Waals surface area (Å²) in [6, 6.07) is 9.27. The van der Waals surface area contributed by atoms with Crippen molar-refractivity contribution in [2.24, 2.45) is 0 Å². The molecule has 0 unspecified atom stereocenters. The van der Waals surface area contributed by atoms with Crippen LogP contribution in [0.4, 0.5) is 10.2 Å². The van der Waals surface area contributed by atoms with Crippen molar-refractivity contribution in [3.63, 3.8) is 0 Å². The Hall–Kier alpha value is -2.90. The molecule has 1 amide bonds. The molecule has 0 spiro atoms. The third-order valence-electron chi connectivity index (χ3n) is 4.05. The van der Waals surface area contributed by atoms with Crippen LogP contribution in [0, 0.1) is 5.82 Å². The predicted molar refractivity (Wildman–Crippen MR) is 93.9 cm³/mol. The van der Waals surface area contributed by atoms with Gasteiger partial charge in [0.2, 0.25) is 5.88 Å². The average Bonchev–Trinajstić information content (AvgIpc) is 2.68. The highest BCUT2D eigenvalue weighted by atomic mass is 19.1. The molecule has 2 heterocycles.